The Morgan fingerprint density at radius 1 is 1.07 bits per heavy atom. The lowest BCUT2D eigenvalue weighted by atomic mass is 9.80. The number of likely N-dealkylation sites (tertiary alicyclic amines) is 2. The number of halogens is 2. The number of carbonyl (C=O) groups is 4. The number of aromatic nitrogens is 3. The van der Waals surface area contributed by atoms with Crippen molar-refractivity contribution in [3.63, 3.8) is 0 Å². The monoisotopic (exact) mass is 1080 g/mol. The largest absolute Gasteiger partial charge is 0.493 e. The van der Waals surface area contributed by atoms with E-state index in [0.717, 1.165) is 92.3 Å². The summed E-state index contributed by atoms with van der Waals surface area (Å²) < 4.78 is 21.1. The number of aliphatic hydroxyl groups excluding tert-OH is 1. The van der Waals surface area contributed by atoms with Crippen molar-refractivity contribution in [3.8, 4) is 16.2 Å². The Hall–Kier alpha value is -5.12. The number of thiazole rings is 1. The molecule has 4 aliphatic rings. The summed E-state index contributed by atoms with van der Waals surface area (Å²) in [6, 6.07) is 9.26. The predicted molar refractivity (Wildman–Crippen MR) is 288 cm³/mol. The number of aryl methyl sites for hydroxylation is 1. The Morgan fingerprint density at radius 2 is 1.81 bits per heavy atom. The van der Waals surface area contributed by atoms with E-state index >= 15 is 0 Å². The maximum absolute atomic E-state index is 14.7. The molecule has 4 amide bonds. The lowest BCUT2D eigenvalue weighted by Gasteiger charge is -2.39. The first-order valence-electron chi connectivity index (χ1n) is 25.7. The molecule has 4 aromatic rings. The number of benzene rings is 2. The van der Waals surface area contributed by atoms with Crippen LogP contribution in [0.3, 0.4) is 0 Å². The molecular weight excluding hydrogens is 1010 g/mol. The van der Waals surface area contributed by atoms with Crippen LogP contribution in [0.1, 0.15) is 96.7 Å². The average Bonchev–Trinajstić information content (AvgIpc) is 3.78. The molecule has 4 fully saturated rings. The molecule has 5 heterocycles. The van der Waals surface area contributed by atoms with E-state index in [0.29, 0.717) is 51.8 Å². The molecule has 0 spiro atoms. The highest BCUT2D eigenvalue weighted by atomic mass is 35.5. The summed E-state index contributed by atoms with van der Waals surface area (Å²) in [7, 11) is 0. The normalized spacial score (nSPS) is 20.2. The number of nitrogen functional groups attached to an aromatic ring is 1. The van der Waals surface area contributed by atoms with Gasteiger partial charge in [-0.3, -0.25) is 19.2 Å². The van der Waals surface area contributed by atoms with Crippen LogP contribution in [0.4, 0.5) is 21.7 Å². The van der Waals surface area contributed by atoms with Gasteiger partial charge in [-0.15, -0.1) is 11.3 Å². The molecule has 0 radical (unpaired) electrons. The molecule has 400 valence electrons. The minimum atomic E-state index is -1.98. The molecule has 3 atom stereocenters. The van der Waals surface area contributed by atoms with Crippen molar-refractivity contribution in [1.29, 1.82) is 0 Å². The third-order valence-electron chi connectivity index (χ3n) is 14.9. The number of alkyl halides is 1. The zero-order valence-electron chi connectivity index (χ0n) is 43.1. The van der Waals surface area contributed by atoms with Crippen LogP contribution in [-0.2, 0) is 25.7 Å². The number of aliphatic hydroxyl groups is 1. The quantitative estimate of drug-likeness (QED) is 0.0520. The molecule has 21 heteroatoms. The summed E-state index contributed by atoms with van der Waals surface area (Å²) in [5.41, 5.74) is 14.7. The van der Waals surface area contributed by atoms with E-state index in [-0.39, 0.29) is 49.6 Å². The fourth-order valence-electron chi connectivity index (χ4n) is 9.80. The fraction of sp³-hybridized carbons (Fsp3) is 0.566. The zero-order chi connectivity index (χ0) is 53.0. The van der Waals surface area contributed by atoms with Crippen LogP contribution in [0.25, 0.3) is 10.4 Å². The molecule has 2 aromatic carbocycles. The highest BCUT2D eigenvalue weighted by Crippen LogP contribution is 2.42. The van der Waals surface area contributed by atoms with Crippen LogP contribution >= 0.6 is 34.7 Å². The average molecular weight is 1080 g/mol. The second-order valence-electron chi connectivity index (χ2n) is 21.8. The smallest absolute Gasteiger partial charge is 0.258 e. The highest BCUT2D eigenvalue weighted by molar-refractivity contribution is 7.99. The third kappa shape index (κ3) is 13.5. The van der Waals surface area contributed by atoms with Crippen molar-refractivity contribution in [3.05, 3.63) is 64.4 Å². The number of hydrogen-bond donors (Lipinski definition) is 6. The van der Waals surface area contributed by atoms with E-state index < -0.39 is 47.0 Å². The first kappa shape index (κ1) is 55.1. The number of nitrogens with zero attached hydrogens (tertiary/aromatic N) is 6. The van der Waals surface area contributed by atoms with Crippen LogP contribution in [0.15, 0.2) is 58.0 Å². The number of piperidine rings is 2. The number of amides is 4. The predicted octanol–water partition coefficient (Wildman–Crippen LogP) is 6.98. The lowest BCUT2D eigenvalue weighted by molar-refractivity contribution is -0.145. The maximum atomic E-state index is 14.7. The van der Waals surface area contributed by atoms with Gasteiger partial charge in [-0.25, -0.2) is 19.3 Å². The molecule has 1 saturated carbocycles. The van der Waals surface area contributed by atoms with Gasteiger partial charge in [-0.05, 0) is 112 Å². The number of nitrogens with one attached hydrogen (secondary N) is 3. The van der Waals surface area contributed by atoms with E-state index in [1.165, 1.54) is 28.0 Å². The van der Waals surface area contributed by atoms with Crippen LogP contribution in [-0.4, -0.2) is 130 Å². The maximum Gasteiger partial charge on any atom is 0.258 e. The number of carbonyl (C=O) groups excluding carboxylic acids is 4. The number of nitrogens with two attached hydrogens (primary N) is 2. The Kier molecular flexibility index (Phi) is 17.4. The molecule has 3 aliphatic heterocycles. The summed E-state index contributed by atoms with van der Waals surface area (Å²) in [5, 5.41) is 20.2. The van der Waals surface area contributed by atoms with Crippen molar-refractivity contribution in [1.82, 2.24) is 35.4 Å². The molecule has 8 rings (SSSR count). The van der Waals surface area contributed by atoms with Gasteiger partial charge in [0, 0.05) is 56.0 Å². The van der Waals surface area contributed by atoms with Crippen molar-refractivity contribution in [2.24, 2.45) is 22.5 Å². The van der Waals surface area contributed by atoms with E-state index in [9.17, 15) is 28.7 Å². The van der Waals surface area contributed by atoms with Crippen molar-refractivity contribution in [2.75, 3.05) is 68.4 Å². The third-order valence-corrected chi connectivity index (χ3v) is 17.5. The van der Waals surface area contributed by atoms with Gasteiger partial charge in [0.25, 0.3) is 5.91 Å². The molecule has 8 N–H and O–H groups in total. The first-order valence-corrected chi connectivity index (χ1v) is 27.8. The minimum absolute atomic E-state index is 0.0231. The zero-order valence-corrected chi connectivity index (χ0v) is 45.4. The van der Waals surface area contributed by atoms with Gasteiger partial charge in [0.2, 0.25) is 17.7 Å². The molecule has 0 bridgehead atoms. The number of β-amino-alcohol motifs (C(OH)–C–C–N with tert-alkyl or cyclic N) is 1. The molecular formula is C53H71ClFN11O6S2. The molecule has 0 unspecified atom stereocenters. The summed E-state index contributed by atoms with van der Waals surface area (Å²) in [5.74, 6) is -0.0235. The van der Waals surface area contributed by atoms with Crippen LogP contribution in [0, 0.1) is 23.7 Å². The summed E-state index contributed by atoms with van der Waals surface area (Å²) >= 11 is 9.70. The van der Waals surface area contributed by atoms with Gasteiger partial charge in [0.05, 0.1) is 45.7 Å². The SMILES string of the molecule is Cc1ncsc1-c1ccc(CNC(=O)[C@@H]2C[C@@H](O)CN2C(=O)[C@@H](NC(=O)C2(F)CC2)C(C)(C)C)c(OCCCN2CCC(CC(=O)Nc3cccc(Sc4ncc(N5CCC(C)(CN)CC5)nc4N)c3Cl)CC2)c1. The fourth-order valence-corrected chi connectivity index (χ4v) is 11.7. The van der Waals surface area contributed by atoms with Crippen LogP contribution in [0.2, 0.25) is 5.02 Å². The molecule has 1 aliphatic carbocycles. The van der Waals surface area contributed by atoms with Crippen LogP contribution in [0.5, 0.6) is 5.75 Å². The first-order chi connectivity index (χ1) is 35.2. The van der Waals surface area contributed by atoms with Gasteiger partial charge < -0.3 is 52.0 Å². The Bertz CT molecular complexity index is 2670. The summed E-state index contributed by atoms with van der Waals surface area (Å²) in [6.07, 6.45) is 5.87. The van der Waals surface area contributed by atoms with E-state index in [1.807, 2.05) is 37.3 Å². The Balaban J connectivity index is 0.805. The van der Waals surface area contributed by atoms with E-state index in [2.05, 4.69) is 47.6 Å². The van der Waals surface area contributed by atoms with Crippen LogP contribution < -0.4 is 37.1 Å². The highest BCUT2D eigenvalue weighted by Gasteiger charge is 2.53. The Labute approximate surface area is 446 Å². The number of anilines is 3. The second-order valence-corrected chi connectivity index (χ2v) is 24.1. The topological polar surface area (TPSA) is 234 Å². The summed E-state index contributed by atoms with van der Waals surface area (Å²) in [4.78, 5) is 75.3. The Morgan fingerprint density at radius 3 is 2.47 bits per heavy atom. The summed E-state index contributed by atoms with van der Waals surface area (Å²) in [6.45, 7) is 14.8. The molecule has 74 heavy (non-hydrogen) atoms. The van der Waals surface area contributed by atoms with Gasteiger partial charge in [0.15, 0.2) is 11.5 Å². The minimum Gasteiger partial charge on any atom is -0.493 e. The van der Waals surface area contributed by atoms with Gasteiger partial charge >= 0.3 is 0 Å². The van der Waals surface area contributed by atoms with Gasteiger partial charge in [-0.1, -0.05) is 69.3 Å². The van der Waals surface area contributed by atoms with Crippen molar-refractivity contribution < 1.29 is 33.4 Å². The lowest BCUT2D eigenvalue weighted by Crippen LogP contribution is -2.59. The van der Waals surface area contributed by atoms with Gasteiger partial charge in [0.1, 0.15) is 28.7 Å². The number of hydrogen-bond acceptors (Lipinski definition) is 15. The van der Waals surface area contributed by atoms with Crippen molar-refractivity contribution in [2.45, 2.75) is 133 Å². The number of ether oxygens (including phenoxy) is 1. The van der Waals surface area contributed by atoms with Gasteiger partial charge in [-0.2, -0.15) is 0 Å². The van der Waals surface area contributed by atoms with E-state index in [1.54, 1.807) is 38.5 Å². The molecule has 3 saturated heterocycles. The molecule has 17 nitrogen and oxygen atoms in total. The van der Waals surface area contributed by atoms with Crippen molar-refractivity contribution >= 4 is 75.7 Å². The number of rotatable bonds is 19. The molecule has 2 aromatic heterocycles. The standard InChI is InChI=1S/C53H71ClFN11O6S2/c1-32-44(73-31-60-32)34-10-11-35(27-58-47(69)38-26-36(67)29-66(38)49(70)45(51(2,3)4)63-50(71)53(55)14-15-53)39(25-34)72-23-7-18-64-19-12-33(13-20-64)24-42(68)61-37-8-6-9-40(43(37)54)74-48-46(57)62-41(28-59-48)65-21-16-52(5,30-56)17-22-65/h6,8-11,25,28,31,33,36,38,45,67H,7,12-24,26-27,29-30,56H2,1-5H3,(H2,57,62)(H,58,69)(H,61,68)(H,63,71)/t36-,38+,45-/m1/s1. The van der Waals surface area contributed by atoms with E-state index in [4.69, 9.17) is 27.8 Å². The second kappa shape index (κ2) is 23.4.